The molecule has 1 aromatic heterocycles. The molecule has 2 heterocycles. The van der Waals surface area contributed by atoms with Gasteiger partial charge in [-0.25, -0.2) is 0 Å². The van der Waals surface area contributed by atoms with Crippen molar-refractivity contribution >= 4 is 0 Å². The molecule has 146 valence electrons. The zero-order chi connectivity index (χ0) is 19.6. The van der Waals surface area contributed by atoms with Crippen molar-refractivity contribution in [2.45, 2.75) is 30.9 Å². The van der Waals surface area contributed by atoms with Gasteiger partial charge in [-0.2, -0.15) is 18.2 Å². The van der Waals surface area contributed by atoms with E-state index in [-0.39, 0.29) is 0 Å². The van der Waals surface area contributed by atoms with Crippen molar-refractivity contribution in [1.82, 2.24) is 10.1 Å². The maximum Gasteiger partial charge on any atom is 0.416 e. The molecular formula is C21H19F3N2O2. The minimum atomic E-state index is -4.41. The van der Waals surface area contributed by atoms with Crippen LogP contribution in [0.3, 0.4) is 0 Å². The summed E-state index contributed by atoms with van der Waals surface area (Å²) in [6, 6.07) is 15.1. The lowest BCUT2D eigenvalue weighted by Crippen LogP contribution is -2.35. The maximum atomic E-state index is 13.2. The van der Waals surface area contributed by atoms with Gasteiger partial charge in [-0.1, -0.05) is 53.7 Å². The standard InChI is InChI=1S/C21H19F3N2O2/c22-21(23,24)17-8-4-7-16(14-17)20(9-11-27-12-10-20)19-25-18(26-28-19)13-15-5-2-1-3-6-15/h1-8,14H,9-13H2. The molecule has 7 heteroatoms. The molecule has 0 N–H and O–H groups in total. The first kappa shape index (κ1) is 18.7. The fourth-order valence-electron chi connectivity index (χ4n) is 3.64. The fraction of sp³-hybridized carbons (Fsp3) is 0.333. The Kier molecular flexibility index (Phi) is 4.93. The second kappa shape index (κ2) is 7.39. The number of halogens is 3. The normalized spacial score (nSPS) is 16.8. The van der Waals surface area contributed by atoms with Crippen molar-refractivity contribution in [1.29, 1.82) is 0 Å². The van der Waals surface area contributed by atoms with E-state index in [9.17, 15) is 13.2 Å². The van der Waals surface area contributed by atoms with Crippen LogP contribution in [-0.2, 0) is 22.7 Å². The number of alkyl halides is 3. The zero-order valence-corrected chi connectivity index (χ0v) is 15.1. The minimum Gasteiger partial charge on any atom is -0.381 e. The Morgan fingerprint density at radius 1 is 0.964 bits per heavy atom. The predicted octanol–water partition coefficient (Wildman–Crippen LogP) is 4.78. The largest absolute Gasteiger partial charge is 0.416 e. The van der Waals surface area contributed by atoms with Crippen LogP contribution in [-0.4, -0.2) is 23.4 Å². The molecule has 0 saturated carbocycles. The van der Waals surface area contributed by atoms with E-state index in [0.717, 1.165) is 11.6 Å². The average Bonchev–Trinajstić information content (AvgIpc) is 3.18. The SMILES string of the molecule is FC(F)(F)c1cccc(C2(c3nc(Cc4ccccc4)no3)CCOCC2)c1. The molecule has 0 spiro atoms. The average molecular weight is 388 g/mol. The Hall–Kier alpha value is -2.67. The molecule has 2 aromatic carbocycles. The molecule has 0 unspecified atom stereocenters. The van der Waals surface area contributed by atoms with E-state index >= 15 is 0 Å². The summed E-state index contributed by atoms with van der Waals surface area (Å²) in [6.07, 6.45) is -2.93. The number of benzene rings is 2. The highest BCUT2D eigenvalue weighted by molar-refractivity contribution is 5.37. The van der Waals surface area contributed by atoms with Crippen molar-refractivity contribution in [2.75, 3.05) is 13.2 Å². The van der Waals surface area contributed by atoms with Crippen LogP contribution in [0.15, 0.2) is 59.1 Å². The molecule has 1 fully saturated rings. The second-order valence-corrected chi connectivity index (χ2v) is 6.95. The first-order valence-corrected chi connectivity index (χ1v) is 9.10. The fourth-order valence-corrected chi connectivity index (χ4v) is 3.64. The topological polar surface area (TPSA) is 48.2 Å². The summed E-state index contributed by atoms with van der Waals surface area (Å²) in [5, 5.41) is 4.08. The quantitative estimate of drug-likeness (QED) is 0.646. The number of hydrogen-bond acceptors (Lipinski definition) is 4. The molecule has 4 nitrogen and oxygen atoms in total. The van der Waals surface area contributed by atoms with Crippen molar-refractivity contribution < 1.29 is 22.4 Å². The molecule has 0 radical (unpaired) electrons. The number of nitrogens with zero attached hydrogens (tertiary/aromatic N) is 2. The summed E-state index contributed by atoms with van der Waals surface area (Å²) >= 11 is 0. The highest BCUT2D eigenvalue weighted by atomic mass is 19.4. The van der Waals surface area contributed by atoms with Gasteiger partial charge >= 0.3 is 6.18 Å². The van der Waals surface area contributed by atoms with Crippen LogP contribution < -0.4 is 0 Å². The Bertz CT molecular complexity index is 932. The van der Waals surface area contributed by atoms with Crippen LogP contribution in [0.5, 0.6) is 0 Å². The lowest BCUT2D eigenvalue weighted by Gasteiger charge is -2.34. The van der Waals surface area contributed by atoms with Gasteiger partial charge in [-0.15, -0.1) is 0 Å². The second-order valence-electron chi connectivity index (χ2n) is 6.95. The molecule has 0 atom stereocenters. The molecule has 3 aromatic rings. The van der Waals surface area contributed by atoms with Gasteiger partial charge in [0.1, 0.15) is 0 Å². The number of rotatable bonds is 4. The van der Waals surface area contributed by atoms with Gasteiger partial charge in [0.05, 0.1) is 11.0 Å². The first-order valence-electron chi connectivity index (χ1n) is 9.10. The smallest absolute Gasteiger partial charge is 0.381 e. The van der Waals surface area contributed by atoms with Gasteiger partial charge in [0, 0.05) is 19.6 Å². The van der Waals surface area contributed by atoms with Crippen LogP contribution in [0.1, 0.15) is 41.2 Å². The van der Waals surface area contributed by atoms with Gasteiger partial charge in [0.2, 0.25) is 5.89 Å². The molecule has 0 bridgehead atoms. The summed E-state index contributed by atoms with van der Waals surface area (Å²) in [7, 11) is 0. The molecule has 4 rings (SSSR count). The third kappa shape index (κ3) is 3.67. The molecule has 1 saturated heterocycles. The van der Waals surface area contributed by atoms with Crippen LogP contribution in [0, 0.1) is 0 Å². The molecule has 1 aliphatic rings. The van der Waals surface area contributed by atoms with Crippen molar-refractivity contribution in [3.8, 4) is 0 Å². The van der Waals surface area contributed by atoms with E-state index in [1.807, 2.05) is 30.3 Å². The van der Waals surface area contributed by atoms with Crippen molar-refractivity contribution in [3.05, 3.63) is 83.0 Å². The van der Waals surface area contributed by atoms with E-state index in [1.54, 1.807) is 6.07 Å². The predicted molar refractivity (Wildman–Crippen MR) is 95.8 cm³/mol. The van der Waals surface area contributed by atoms with Gasteiger partial charge < -0.3 is 9.26 Å². The summed E-state index contributed by atoms with van der Waals surface area (Å²) in [6.45, 7) is 0.847. The van der Waals surface area contributed by atoms with Gasteiger partial charge in [-0.3, -0.25) is 0 Å². The summed E-state index contributed by atoms with van der Waals surface area (Å²) in [4.78, 5) is 4.56. The van der Waals surface area contributed by atoms with Crippen molar-refractivity contribution in [3.63, 3.8) is 0 Å². The van der Waals surface area contributed by atoms with Crippen molar-refractivity contribution in [2.24, 2.45) is 0 Å². The summed E-state index contributed by atoms with van der Waals surface area (Å²) in [5.74, 6) is 0.861. The van der Waals surface area contributed by atoms with Crippen LogP contribution in [0.2, 0.25) is 0 Å². The number of ether oxygens (including phenoxy) is 1. The maximum absolute atomic E-state index is 13.2. The monoisotopic (exact) mass is 388 g/mol. The highest BCUT2D eigenvalue weighted by Gasteiger charge is 2.43. The van der Waals surface area contributed by atoms with Crippen LogP contribution in [0.4, 0.5) is 13.2 Å². The van der Waals surface area contributed by atoms with E-state index < -0.39 is 17.2 Å². The lowest BCUT2D eigenvalue weighted by molar-refractivity contribution is -0.137. The van der Waals surface area contributed by atoms with Gasteiger partial charge in [0.25, 0.3) is 0 Å². The zero-order valence-electron chi connectivity index (χ0n) is 15.1. The Morgan fingerprint density at radius 2 is 1.71 bits per heavy atom. The number of hydrogen-bond donors (Lipinski definition) is 0. The summed E-state index contributed by atoms with van der Waals surface area (Å²) in [5.41, 5.74) is 0.108. The Morgan fingerprint density at radius 3 is 2.43 bits per heavy atom. The van der Waals surface area contributed by atoms with Gasteiger partial charge in [-0.05, 0) is 30.0 Å². The summed E-state index contributed by atoms with van der Waals surface area (Å²) < 4.78 is 50.7. The van der Waals surface area contributed by atoms with E-state index in [2.05, 4.69) is 10.1 Å². The third-order valence-corrected chi connectivity index (χ3v) is 5.17. The Labute approximate surface area is 160 Å². The molecule has 1 aliphatic heterocycles. The van der Waals surface area contributed by atoms with E-state index in [1.165, 1.54) is 12.1 Å². The lowest BCUT2D eigenvalue weighted by atomic mass is 9.73. The van der Waals surface area contributed by atoms with Gasteiger partial charge in [0.15, 0.2) is 5.82 Å². The first-order chi connectivity index (χ1) is 13.5. The van der Waals surface area contributed by atoms with Crippen LogP contribution >= 0.6 is 0 Å². The molecular weight excluding hydrogens is 369 g/mol. The number of aromatic nitrogens is 2. The van der Waals surface area contributed by atoms with E-state index in [0.29, 0.717) is 49.8 Å². The minimum absolute atomic E-state index is 0.348. The molecule has 0 amide bonds. The highest BCUT2D eigenvalue weighted by Crippen LogP contribution is 2.42. The Balaban J connectivity index is 1.71. The van der Waals surface area contributed by atoms with E-state index in [4.69, 9.17) is 9.26 Å². The molecule has 0 aliphatic carbocycles. The van der Waals surface area contributed by atoms with Crippen LogP contribution in [0.25, 0.3) is 0 Å². The third-order valence-electron chi connectivity index (χ3n) is 5.17. The molecule has 28 heavy (non-hydrogen) atoms.